The molecule has 0 atom stereocenters. The zero-order valence-electron chi connectivity index (χ0n) is 33.4. The van der Waals surface area contributed by atoms with Crippen LogP contribution in [-0.4, -0.2) is 23.0 Å². The van der Waals surface area contributed by atoms with Crippen LogP contribution in [0, 0.1) is 0 Å². The fourth-order valence-electron chi connectivity index (χ4n) is 8.40. The van der Waals surface area contributed by atoms with Gasteiger partial charge in [-0.05, 0) is 80.9 Å². The highest BCUT2D eigenvalue weighted by Gasteiger charge is 2.36. The van der Waals surface area contributed by atoms with Crippen LogP contribution < -0.4 is 5.19 Å². The average Bonchev–Trinajstić information content (AvgIpc) is 3.79. The van der Waals surface area contributed by atoms with Crippen LogP contribution in [0.1, 0.15) is 25.0 Å². The molecule has 2 heterocycles. The van der Waals surface area contributed by atoms with Crippen LogP contribution in [0.25, 0.3) is 89.8 Å². The van der Waals surface area contributed by atoms with E-state index < -0.39 is 8.07 Å². The molecule has 0 saturated carbocycles. The summed E-state index contributed by atoms with van der Waals surface area (Å²) in [7, 11) is -1.36. The molecule has 0 bridgehead atoms. The van der Waals surface area contributed by atoms with Gasteiger partial charge in [0.25, 0.3) is 0 Å². The van der Waals surface area contributed by atoms with Crippen molar-refractivity contribution in [2.75, 3.05) is 0 Å². The van der Waals surface area contributed by atoms with Gasteiger partial charge in [-0.2, -0.15) is 0 Å². The van der Waals surface area contributed by atoms with Gasteiger partial charge in [0.1, 0.15) is 11.3 Å². The lowest BCUT2D eigenvalue weighted by Gasteiger charge is -2.22. The zero-order chi connectivity index (χ0) is 39.6. The summed E-state index contributed by atoms with van der Waals surface area (Å²) in [5, 5.41) is 2.55. The molecule has 1 aliphatic rings. The second-order valence-electron chi connectivity index (χ2n) is 17.0. The van der Waals surface area contributed by atoms with E-state index in [2.05, 4.69) is 143 Å². The molecule has 280 valence electrons. The van der Waals surface area contributed by atoms with Crippen LogP contribution in [0.4, 0.5) is 0 Å². The molecular weight excluding hydrogens is 723 g/mol. The molecule has 4 nitrogen and oxygen atoms in total. The highest BCUT2D eigenvalue weighted by atomic mass is 28.3. The van der Waals surface area contributed by atoms with Crippen molar-refractivity contribution < 1.29 is 4.42 Å². The third-order valence-corrected chi connectivity index (χ3v) is 13.8. The van der Waals surface area contributed by atoms with E-state index in [-0.39, 0.29) is 5.41 Å². The summed E-state index contributed by atoms with van der Waals surface area (Å²) >= 11 is 0. The lowest BCUT2D eigenvalue weighted by atomic mass is 9.81. The van der Waals surface area contributed by atoms with Crippen molar-refractivity contribution in [1.29, 1.82) is 0 Å². The molecule has 58 heavy (non-hydrogen) atoms. The summed E-state index contributed by atoms with van der Waals surface area (Å²) in [5.74, 6) is 2.67. The number of hydrogen-bond acceptors (Lipinski definition) is 4. The fraction of sp³-hybridized carbons (Fsp3) is 0.113. The van der Waals surface area contributed by atoms with Gasteiger partial charge in [-0.1, -0.05) is 172 Å². The van der Waals surface area contributed by atoms with Crippen molar-refractivity contribution in [3.8, 4) is 78.9 Å². The molecule has 0 spiro atoms. The number of para-hydroxylation sites is 1. The molecule has 9 aromatic rings. The zero-order valence-corrected chi connectivity index (χ0v) is 34.4. The number of aromatic nitrogens is 3. The van der Waals surface area contributed by atoms with E-state index in [9.17, 15) is 0 Å². The van der Waals surface area contributed by atoms with Gasteiger partial charge in [0.2, 0.25) is 0 Å². The van der Waals surface area contributed by atoms with Crippen LogP contribution in [0.15, 0.2) is 174 Å². The highest BCUT2D eigenvalue weighted by Crippen LogP contribution is 2.50. The van der Waals surface area contributed by atoms with E-state index in [1.807, 2.05) is 60.7 Å². The Morgan fingerprint density at radius 3 is 1.67 bits per heavy atom. The Morgan fingerprint density at radius 1 is 0.414 bits per heavy atom. The predicted molar refractivity (Wildman–Crippen MR) is 243 cm³/mol. The van der Waals surface area contributed by atoms with Crippen LogP contribution in [0.3, 0.4) is 0 Å². The summed E-state index contributed by atoms with van der Waals surface area (Å²) < 4.78 is 6.23. The van der Waals surface area contributed by atoms with Gasteiger partial charge >= 0.3 is 0 Å². The maximum atomic E-state index is 6.23. The third-order valence-electron chi connectivity index (χ3n) is 11.7. The van der Waals surface area contributed by atoms with Gasteiger partial charge in [-0.25, -0.2) is 15.0 Å². The first-order valence-corrected chi connectivity index (χ1v) is 23.5. The topological polar surface area (TPSA) is 51.8 Å². The first kappa shape index (κ1) is 35.7. The normalized spacial score (nSPS) is 13.1. The van der Waals surface area contributed by atoms with Gasteiger partial charge in [-0.3, -0.25) is 0 Å². The Labute approximate surface area is 341 Å². The Bertz CT molecular complexity index is 2980. The monoisotopic (exact) mass is 765 g/mol. The molecule has 0 saturated heterocycles. The lowest BCUT2D eigenvalue weighted by Crippen LogP contribution is -2.37. The highest BCUT2D eigenvalue weighted by molar-refractivity contribution is 6.88. The van der Waals surface area contributed by atoms with Crippen molar-refractivity contribution >= 4 is 24.2 Å². The van der Waals surface area contributed by atoms with Crippen LogP contribution >= 0.6 is 0 Å². The summed E-state index contributed by atoms with van der Waals surface area (Å²) in [4.78, 5) is 15.2. The third kappa shape index (κ3) is 6.38. The van der Waals surface area contributed by atoms with Gasteiger partial charge in [0, 0.05) is 33.1 Å². The minimum absolute atomic E-state index is 0.136. The first-order valence-electron chi connectivity index (χ1n) is 20.0. The molecule has 7 aromatic carbocycles. The number of hydrogen-bond donors (Lipinski definition) is 0. The molecule has 10 rings (SSSR count). The Balaban J connectivity index is 1.02. The number of benzene rings is 7. The molecular formula is C53H43N3OSi. The number of furan rings is 1. The van der Waals surface area contributed by atoms with E-state index in [0.29, 0.717) is 17.5 Å². The van der Waals surface area contributed by atoms with E-state index in [4.69, 9.17) is 19.4 Å². The first-order chi connectivity index (χ1) is 28.1. The second-order valence-corrected chi connectivity index (χ2v) is 22.0. The van der Waals surface area contributed by atoms with E-state index in [1.54, 1.807) is 0 Å². The summed E-state index contributed by atoms with van der Waals surface area (Å²) in [6.45, 7) is 11.9. The fourth-order valence-corrected chi connectivity index (χ4v) is 9.57. The van der Waals surface area contributed by atoms with Gasteiger partial charge < -0.3 is 4.42 Å². The smallest absolute Gasteiger partial charge is 0.164 e. The average molecular weight is 766 g/mol. The van der Waals surface area contributed by atoms with Crippen molar-refractivity contribution in [3.05, 3.63) is 181 Å². The van der Waals surface area contributed by atoms with Crippen LogP contribution in [0.2, 0.25) is 19.6 Å². The SMILES string of the molecule is CC1(C)c2ccc(-c3ccc([Si](C)(C)C)cc3)cc2-c2ccc(-c3cccc(-c4nc(-c5ccccc5)nc(-c5cccc(-c6cc7ccccc7o6)c5)n4)c3)cc21. The molecule has 0 fully saturated rings. The van der Waals surface area contributed by atoms with Crippen LogP contribution in [-0.2, 0) is 5.41 Å². The quantitative estimate of drug-likeness (QED) is 0.152. The summed E-state index contributed by atoms with van der Waals surface area (Å²) in [6, 6.07) is 60.3. The van der Waals surface area contributed by atoms with Crippen molar-refractivity contribution in [3.63, 3.8) is 0 Å². The van der Waals surface area contributed by atoms with Crippen LogP contribution in [0.5, 0.6) is 0 Å². The van der Waals surface area contributed by atoms with Crippen molar-refractivity contribution in [1.82, 2.24) is 15.0 Å². The van der Waals surface area contributed by atoms with Gasteiger partial charge in [-0.15, -0.1) is 0 Å². The predicted octanol–water partition coefficient (Wildman–Crippen LogP) is 13.5. The number of nitrogens with zero attached hydrogens (tertiary/aromatic N) is 3. The number of fused-ring (bicyclic) bond motifs is 4. The van der Waals surface area contributed by atoms with E-state index in [0.717, 1.165) is 44.5 Å². The molecule has 1 aliphatic carbocycles. The Morgan fingerprint density at radius 2 is 0.966 bits per heavy atom. The maximum absolute atomic E-state index is 6.23. The molecule has 5 heteroatoms. The second kappa shape index (κ2) is 13.8. The standard InChI is InChI=1S/C53H43N3OSi/c1-53(2)46-28-24-37(34-21-25-43(26-22-34)58(3,4)5)31-45(46)44-27-23-38(32-47(44)53)36-16-11-18-41(29-36)51-54-50(35-13-7-6-8-14-35)55-52(56-51)42-19-12-17-39(30-42)49-33-40-15-9-10-20-48(40)57-49/h6-33H,1-5H3. The van der Waals surface area contributed by atoms with Gasteiger partial charge in [0.15, 0.2) is 17.5 Å². The molecule has 0 radical (unpaired) electrons. The number of rotatable bonds is 7. The minimum Gasteiger partial charge on any atom is -0.456 e. The lowest BCUT2D eigenvalue weighted by molar-refractivity contribution is 0.631. The maximum Gasteiger partial charge on any atom is 0.164 e. The molecule has 0 aliphatic heterocycles. The largest absolute Gasteiger partial charge is 0.456 e. The molecule has 0 N–H and O–H groups in total. The summed E-state index contributed by atoms with van der Waals surface area (Å²) in [5.41, 5.74) is 14.6. The summed E-state index contributed by atoms with van der Waals surface area (Å²) in [6.07, 6.45) is 0. The van der Waals surface area contributed by atoms with Crippen molar-refractivity contribution in [2.45, 2.75) is 38.9 Å². The molecule has 0 amide bonds. The minimum atomic E-state index is -1.36. The van der Waals surface area contributed by atoms with Gasteiger partial charge in [0.05, 0.1) is 8.07 Å². The van der Waals surface area contributed by atoms with E-state index in [1.165, 1.54) is 44.1 Å². The van der Waals surface area contributed by atoms with E-state index >= 15 is 0 Å². The molecule has 2 aromatic heterocycles. The Kier molecular flexibility index (Phi) is 8.46. The Hall–Kier alpha value is -6.69. The molecule has 0 unspecified atom stereocenters. The van der Waals surface area contributed by atoms with Crippen molar-refractivity contribution in [2.24, 2.45) is 0 Å².